The normalized spacial score (nSPS) is 16.3. The van der Waals surface area contributed by atoms with Gasteiger partial charge in [-0.2, -0.15) is 0 Å². The average Bonchev–Trinajstić information content (AvgIpc) is 3.17. The van der Waals surface area contributed by atoms with E-state index in [0.29, 0.717) is 16.9 Å². The van der Waals surface area contributed by atoms with E-state index < -0.39 is 15.4 Å². The van der Waals surface area contributed by atoms with Crippen LogP contribution in [-0.2, 0) is 26.5 Å². The van der Waals surface area contributed by atoms with Crippen LogP contribution in [0.3, 0.4) is 0 Å². The van der Waals surface area contributed by atoms with Crippen LogP contribution < -0.4 is 5.56 Å². The molecule has 0 radical (unpaired) electrons. The van der Waals surface area contributed by atoms with E-state index in [1.807, 2.05) is 28.7 Å². The first kappa shape index (κ1) is 25.5. The molecule has 0 aliphatic carbocycles. The molecule has 7 nitrogen and oxygen atoms in total. The first-order valence-electron chi connectivity index (χ1n) is 11.1. The largest absolute Gasteiger partial charge is 0.381 e. The van der Waals surface area contributed by atoms with Crippen LogP contribution >= 0.6 is 31.8 Å². The van der Waals surface area contributed by atoms with Gasteiger partial charge in [-0.05, 0) is 43.0 Å². The number of halogens is 1. The molecule has 3 aromatic rings. The number of fused-ring (bicyclic) bond motifs is 1. The number of rotatable bonds is 5. The molecule has 0 amide bonds. The molecule has 1 fully saturated rings. The number of benzene rings is 1. The van der Waals surface area contributed by atoms with Gasteiger partial charge in [-0.25, -0.2) is 13.4 Å². The maximum absolute atomic E-state index is 13.4. The average molecular weight is 613 g/mol. The fourth-order valence-corrected chi connectivity index (χ4v) is 6.05. The van der Waals surface area contributed by atoms with E-state index in [-0.39, 0.29) is 15.2 Å². The Balaban J connectivity index is 1.77. The minimum Gasteiger partial charge on any atom is -0.381 e. The lowest BCUT2D eigenvalue weighted by Crippen LogP contribution is -2.25. The van der Waals surface area contributed by atoms with Gasteiger partial charge in [-0.3, -0.25) is 9.36 Å². The highest BCUT2D eigenvalue weighted by Crippen LogP contribution is 2.31. The Bertz CT molecular complexity index is 1410. The summed E-state index contributed by atoms with van der Waals surface area (Å²) in [5.41, 5.74) is 1.60. The second-order valence-corrected chi connectivity index (χ2v) is 12.8. The minimum absolute atomic E-state index is 0.0305. The van der Waals surface area contributed by atoms with Gasteiger partial charge in [0, 0.05) is 47.0 Å². The van der Waals surface area contributed by atoms with Gasteiger partial charge in [0.15, 0.2) is 0 Å². The number of sulfone groups is 1. The molecule has 182 valence electrons. The summed E-state index contributed by atoms with van der Waals surface area (Å²) in [5.74, 6) is 1.44. The summed E-state index contributed by atoms with van der Waals surface area (Å²) < 4.78 is 37.6. The molecule has 3 heterocycles. The van der Waals surface area contributed by atoms with Crippen molar-refractivity contribution in [1.82, 2.24) is 14.1 Å². The summed E-state index contributed by atoms with van der Waals surface area (Å²) in [4.78, 5) is 17.5. The van der Waals surface area contributed by atoms with Gasteiger partial charge in [-0.1, -0.05) is 52.6 Å². The van der Waals surface area contributed by atoms with E-state index in [9.17, 15) is 13.2 Å². The molecule has 0 saturated carbocycles. The fourth-order valence-electron chi connectivity index (χ4n) is 4.25. The molecule has 0 N–H and O–H groups in total. The summed E-state index contributed by atoms with van der Waals surface area (Å²) in [5, 5.41) is 0. The molecule has 1 saturated heterocycles. The molecule has 10 heteroatoms. The Kier molecular flexibility index (Phi) is 7.39. The highest BCUT2D eigenvalue weighted by molar-refractivity contribution is 14.1. The number of hydrogen-bond donors (Lipinski definition) is 0. The van der Waals surface area contributed by atoms with Gasteiger partial charge in [0.1, 0.15) is 5.82 Å². The van der Waals surface area contributed by atoms with Crippen LogP contribution in [0, 0.1) is 5.92 Å². The molecular formula is C24H29IN3O4PS. The van der Waals surface area contributed by atoms with Crippen molar-refractivity contribution in [2.45, 2.75) is 55.4 Å². The fraction of sp³-hybridized carbons (Fsp3) is 0.417. The number of pyridine rings is 1. The zero-order valence-electron chi connectivity index (χ0n) is 19.5. The minimum atomic E-state index is -3.88. The molecular weight excluding hydrogens is 584 g/mol. The Morgan fingerprint density at radius 2 is 1.88 bits per heavy atom. The van der Waals surface area contributed by atoms with Crippen LogP contribution in [0.2, 0.25) is 0 Å². The second-order valence-electron chi connectivity index (χ2n) is 9.61. The van der Waals surface area contributed by atoms with Crippen molar-refractivity contribution in [3.05, 3.63) is 56.8 Å². The molecule has 2 aromatic heterocycles. The third-order valence-electron chi connectivity index (χ3n) is 6.07. The van der Waals surface area contributed by atoms with E-state index in [4.69, 9.17) is 9.72 Å². The molecule has 1 aromatic carbocycles. The van der Waals surface area contributed by atoms with Gasteiger partial charge in [0.2, 0.25) is 9.84 Å². The lowest BCUT2D eigenvalue weighted by Gasteiger charge is -2.26. The van der Waals surface area contributed by atoms with Gasteiger partial charge >= 0.3 is 0 Å². The summed E-state index contributed by atoms with van der Waals surface area (Å²) in [7, 11) is -1.42. The number of aromatic nitrogens is 3. The number of ether oxygens (including phenoxy) is 1. The third-order valence-corrected chi connectivity index (χ3v) is 9.58. The summed E-state index contributed by atoms with van der Waals surface area (Å²) in [6, 6.07) is 7.69. The van der Waals surface area contributed by atoms with Crippen molar-refractivity contribution < 1.29 is 13.2 Å². The standard InChI is InChI=1S/C24H29IN3O4PS/c1-24(2,3)23-26-19-12-17(4-5-20(19)28(23)15-16-7-10-32-11-8-16)34(30,31)18-6-9-27(21(29)13-18)22(33)14-25/h4-6,9,12-14,16H,7-8,10-11,15,33H2,1-3H3/b22-14+. The second kappa shape index (κ2) is 9.84. The van der Waals surface area contributed by atoms with Gasteiger partial charge in [-0.15, -0.1) is 0 Å². The van der Waals surface area contributed by atoms with Gasteiger partial charge in [0.25, 0.3) is 5.56 Å². The van der Waals surface area contributed by atoms with Crippen molar-refractivity contribution in [3.8, 4) is 0 Å². The van der Waals surface area contributed by atoms with Crippen molar-refractivity contribution in [1.29, 1.82) is 0 Å². The SMILES string of the molecule is CC(C)(C)c1nc2cc(S(=O)(=O)c3ccn(/C(P)=C\I)c(=O)c3)ccc2n1CC1CCOCC1. The molecule has 34 heavy (non-hydrogen) atoms. The van der Waals surface area contributed by atoms with Crippen molar-refractivity contribution in [3.63, 3.8) is 0 Å². The number of hydrogen-bond acceptors (Lipinski definition) is 5. The lowest BCUT2D eigenvalue weighted by molar-refractivity contribution is 0.0611. The van der Waals surface area contributed by atoms with Crippen LogP contribution in [0.4, 0.5) is 0 Å². The van der Waals surface area contributed by atoms with Crippen molar-refractivity contribution in [2.75, 3.05) is 13.2 Å². The van der Waals surface area contributed by atoms with Gasteiger partial charge in [0.05, 0.1) is 20.8 Å². The van der Waals surface area contributed by atoms with Gasteiger partial charge < -0.3 is 9.30 Å². The third kappa shape index (κ3) is 5.03. The van der Waals surface area contributed by atoms with E-state index in [2.05, 4.69) is 34.6 Å². The Hall–Kier alpha value is -1.55. The lowest BCUT2D eigenvalue weighted by atomic mass is 9.94. The number of imidazole rings is 1. The molecule has 1 aliphatic rings. The van der Waals surface area contributed by atoms with Crippen LogP contribution in [0.25, 0.3) is 16.5 Å². The molecule has 0 bridgehead atoms. The topological polar surface area (TPSA) is 83.2 Å². The monoisotopic (exact) mass is 613 g/mol. The first-order chi connectivity index (χ1) is 16.0. The predicted molar refractivity (Wildman–Crippen MR) is 146 cm³/mol. The Labute approximate surface area is 215 Å². The van der Waals surface area contributed by atoms with Crippen LogP contribution in [0.5, 0.6) is 0 Å². The Morgan fingerprint density at radius 3 is 2.50 bits per heavy atom. The van der Waals surface area contributed by atoms with E-state index in [1.165, 1.54) is 16.8 Å². The molecule has 0 spiro atoms. The summed E-state index contributed by atoms with van der Waals surface area (Å²) >= 11 is 2.03. The predicted octanol–water partition coefficient (Wildman–Crippen LogP) is 4.82. The summed E-state index contributed by atoms with van der Waals surface area (Å²) in [6.45, 7) is 8.73. The maximum atomic E-state index is 13.4. The quantitative estimate of drug-likeness (QED) is 0.305. The molecule has 4 rings (SSSR count). The number of nitrogens with zero attached hydrogens (tertiary/aromatic N) is 3. The van der Waals surface area contributed by atoms with Crippen molar-refractivity contribution in [2.24, 2.45) is 5.92 Å². The molecule has 1 unspecified atom stereocenters. The smallest absolute Gasteiger partial charge is 0.256 e. The molecule has 1 aliphatic heterocycles. The first-order valence-corrected chi connectivity index (χ1v) is 14.5. The highest BCUT2D eigenvalue weighted by Gasteiger charge is 2.27. The van der Waals surface area contributed by atoms with Crippen LogP contribution in [-0.4, -0.2) is 35.7 Å². The highest BCUT2D eigenvalue weighted by atomic mass is 127. The van der Waals surface area contributed by atoms with E-state index in [0.717, 1.165) is 50.0 Å². The molecule has 1 atom stereocenters. The van der Waals surface area contributed by atoms with E-state index in [1.54, 1.807) is 16.2 Å². The van der Waals surface area contributed by atoms with Crippen LogP contribution in [0.15, 0.2) is 55.2 Å². The Morgan fingerprint density at radius 1 is 1.21 bits per heavy atom. The van der Waals surface area contributed by atoms with Crippen LogP contribution in [0.1, 0.15) is 39.4 Å². The zero-order chi connectivity index (χ0) is 24.7. The maximum Gasteiger partial charge on any atom is 0.256 e. The van der Waals surface area contributed by atoms with E-state index >= 15 is 0 Å². The summed E-state index contributed by atoms with van der Waals surface area (Å²) in [6.07, 6.45) is 3.49. The van der Waals surface area contributed by atoms with Crippen molar-refractivity contribution >= 4 is 58.1 Å². The zero-order valence-corrected chi connectivity index (χ0v) is 23.6.